The van der Waals surface area contributed by atoms with E-state index >= 15 is 0 Å². The van der Waals surface area contributed by atoms with Gasteiger partial charge < -0.3 is 9.30 Å². The summed E-state index contributed by atoms with van der Waals surface area (Å²) in [6, 6.07) is 7.37. The van der Waals surface area contributed by atoms with Crippen molar-refractivity contribution in [2.24, 2.45) is 7.05 Å². The summed E-state index contributed by atoms with van der Waals surface area (Å²) in [5, 5.41) is 0. The van der Waals surface area contributed by atoms with Crippen LogP contribution in [0.4, 0.5) is 14.6 Å². The van der Waals surface area contributed by atoms with Gasteiger partial charge in [-0.05, 0) is 18.4 Å². The fourth-order valence-corrected chi connectivity index (χ4v) is 5.42. The highest BCUT2D eigenvalue weighted by Crippen LogP contribution is 2.45. The van der Waals surface area contributed by atoms with Gasteiger partial charge in [0.25, 0.3) is 5.92 Å². The number of aromatic nitrogens is 6. The number of aryl methyl sites for hydroxylation is 1. The normalized spacial score (nSPS) is 15.4. The largest absolute Gasteiger partial charge is 0.480 e. The number of methoxy groups -OCH3 is 1. The minimum absolute atomic E-state index is 0.0705. The maximum absolute atomic E-state index is 13.8. The lowest BCUT2D eigenvalue weighted by Crippen LogP contribution is -2.35. The number of fused-ring (bicyclic) bond motifs is 1. The first-order valence-electron chi connectivity index (χ1n) is 12.4. The van der Waals surface area contributed by atoms with Gasteiger partial charge in [0, 0.05) is 37.8 Å². The van der Waals surface area contributed by atoms with Gasteiger partial charge in [-0.2, -0.15) is 8.78 Å². The van der Waals surface area contributed by atoms with Crippen molar-refractivity contribution in [3.8, 4) is 28.7 Å². The van der Waals surface area contributed by atoms with Gasteiger partial charge in [0.15, 0.2) is 11.6 Å². The van der Waals surface area contributed by atoms with Crippen molar-refractivity contribution < 1.29 is 18.3 Å². The van der Waals surface area contributed by atoms with E-state index in [-0.39, 0.29) is 17.4 Å². The van der Waals surface area contributed by atoms with E-state index < -0.39 is 5.92 Å². The molecule has 1 amide bonds. The highest BCUT2D eigenvalue weighted by molar-refractivity contribution is 8.00. The molecule has 12 heteroatoms. The summed E-state index contributed by atoms with van der Waals surface area (Å²) < 4.78 is 34.6. The number of benzene rings is 1. The monoisotopic (exact) mass is 549 g/mol. The van der Waals surface area contributed by atoms with Crippen LogP contribution in [0.5, 0.6) is 5.88 Å². The molecule has 6 rings (SSSR count). The lowest BCUT2D eigenvalue weighted by molar-refractivity contribution is -0.116. The molecule has 0 bridgehead atoms. The third-order valence-electron chi connectivity index (χ3n) is 6.75. The van der Waals surface area contributed by atoms with Crippen molar-refractivity contribution in [1.82, 2.24) is 29.5 Å². The first-order chi connectivity index (χ1) is 18.7. The number of amides is 1. The van der Waals surface area contributed by atoms with Crippen LogP contribution in [0.15, 0.2) is 47.9 Å². The molecule has 0 radical (unpaired) electrons. The topological polar surface area (TPSA) is 98.9 Å². The standard InChI is InChI=1S/C27H25F2N7O2S/c1-27(28,29)19-12-35(2)24(33-19)17-6-4-15(5-7-17)11-36-20(37)13-39-18-10-30-23(34-25(18)36)21-22(16-8-9-16)31-14-32-26(21)38-3/h4-7,10,12,14,16H,8-9,11,13H2,1-3H3. The van der Waals surface area contributed by atoms with Gasteiger partial charge in [-0.3, -0.25) is 9.69 Å². The molecule has 1 aromatic carbocycles. The molecule has 0 saturated heterocycles. The first-order valence-corrected chi connectivity index (χ1v) is 13.4. The zero-order valence-electron chi connectivity index (χ0n) is 21.6. The number of carbonyl (C=O) groups is 1. The average molecular weight is 550 g/mol. The predicted molar refractivity (Wildman–Crippen MR) is 142 cm³/mol. The van der Waals surface area contributed by atoms with E-state index in [4.69, 9.17) is 9.72 Å². The summed E-state index contributed by atoms with van der Waals surface area (Å²) in [5.41, 5.74) is 2.80. The summed E-state index contributed by atoms with van der Waals surface area (Å²) in [7, 11) is 3.24. The van der Waals surface area contributed by atoms with Crippen LogP contribution in [0.25, 0.3) is 22.8 Å². The van der Waals surface area contributed by atoms with Crippen LogP contribution in [-0.4, -0.2) is 48.3 Å². The van der Waals surface area contributed by atoms with Crippen LogP contribution in [0, 0.1) is 0 Å². The van der Waals surface area contributed by atoms with E-state index in [1.807, 2.05) is 24.3 Å². The van der Waals surface area contributed by atoms with Crippen molar-refractivity contribution in [2.75, 3.05) is 17.8 Å². The number of imidazole rings is 1. The molecule has 0 N–H and O–H groups in total. The number of carbonyl (C=O) groups excluding carboxylic acids is 1. The van der Waals surface area contributed by atoms with E-state index in [2.05, 4.69) is 19.9 Å². The Hall–Kier alpha value is -3.93. The van der Waals surface area contributed by atoms with Gasteiger partial charge in [0.2, 0.25) is 11.8 Å². The summed E-state index contributed by atoms with van der Waals surface area (Å²) in [5.74, 6) is -0.705. The van der Waals surface area contributed by atoms with Crippen LogP contribution in [-0.2, 0) is 24.3 Å². The molecule has 1 saturated carbocycles. The molecule has 4 heterocycles. The molecule has 0 unspecified atom stereocenters. The predicted octanol–water partition coefficient (Wildman–Crippen LogP) is 4.97. The van der Waals surface area contributed by atoms with Crippen LogP contribution < -0.4 is 9.64 Å². The van der Waals surface area contributed by atoms with Crippen molar-refractivity contribution >= 4 is 23.5 Å². The number of hydrogen-bond acceptors (Lipinski definition) is 8. The number of halogens is 2. The number of nitrogens with zero attached hydrogens (tertiary/aromatic N) is 7. The van der Waals surface area contributed by atoms with Crippen LogP contribution >= 0.6 is 11.8 Å². The molecule has 39 heavy (non-hydrogen) atoms. The Labute approximate surface area is 227 Å². The van der Waals surface area contributed by atoms with Gasteiger partial charge in [-0.1, -0.05) is 24.3 Å². The summed E-state index contributed by atoms with van der Waals surface area (Å²) in [6.45, 7) is 1.12. The quantitative estimate of drug-likeness (QED) is 0.319. The number of ether oxygens (including phenoxy) is 1. The summed E-state index contributed by atoms with van der Waals surface area (Å²) >= 11 is 1.40. The zero-order chi connectivity index (χ0) is 27.3. The fraction of sp³-hybridized carbons (Fsp3) is 0.333. The molecule has 4 aromatic rings. The van der Waals surface area contributed by atoms with E-state index in [0.29, 0.717) is 46.9 Å². The molecule has 200 valence electrons. The van der Waals surface area contributed by atoms with Crippen molar-refractivity contribution in [1.29, 1.82) is 0 Å². The Morgan fingerprint density at radius 1 is 1.13 bits per heavy atom. The molecular formula is C27H25F2N7O2S. The number of alkyl halides is 2. The first kappa shape index (κ1) is 25.4. The molecule has 1 aliphatic carbocycles. The summed E-state index contributed by atoms with van der Waals surface area (Å²) in [4.78, 5) is 37.8. The van der Waals surface area contributed by atoms with Gasteiger partial charge in [-0.15, -0.1) is 11.8 Å². The molecule has 0 atom stereocenters. The fourth-order valence-electron chi connectivity index (χ4n) is 4.58. The molecular weight excluding hydrogens is 524 g/mol. The molecule has 9 nitrogen and oxygen atoms in total. The smallest absolute Gasteiger partial charge is 0.288 e. The van der Waals surface area contributed by atoms with Gasteiger partial charge >= 0.3 is 0 Å². The van der Waals surface area contributed by atoms with Gasteiger partial charge in [-0.25, -0.2) is 24.9 Å². The second-order valence-corrected chi connectivity index (χ2v) is 10.7. The maximum Gasteiger partial charge on any atom is 0.288 e. The number of rotatable bonds is 7. The molecule has 2 aliphatic rings. The summed E-state index contributed by atoms with van der Waals surface area (Å²) in [6.07, 6.45) is 6.63. The van der Waals surface area contributed by atoms with Crippen molar-refractivity contribution in [3.05, 3.63) is 59.9 Å². The Morgan fingerprint density at radius 2 is 1.90 bits per heavy atom. The van der Waals surface area contributed by atoms with E-state index in [0.717, 1.165) is 35.9 Å². The Balaban J connectivity index is 1.31. The number of hydrogen-bond donors (Lipinski definition) is 0. The van der Waals surface area contributed by atoms with E-state index in [1.165, 1.54) is 24.3 Å². The lowest BCUT2D eigenvalue weighted by Gasteiger charge is -2.28. The van der Waals surface area contributed by atoms with Crippen molar-refractivity contribution in [3.63, 3.8) is 0 Å². The highest BCUT2D eigenvalue weighted by Gasteiger charge is 2.33. The molecule has 1 fully saturated rings. The van der Waals surface area contributed by atoms with Crippen molar-refractivity contribution in [2.45, 2.75) is 43.0 Å². The van der Waals surface area contributed by atoms with Gasteiger partial charge in [0.1, 0.15) is 23.4 Å². The van der Waals surface area contributed by atoms with Crippen LogP contribution in [0.2, 0.25) is 0 Å². The van der Waals surface area contributed by atoms with Crippen LogP contribution in [0.3, 0.4) is 0 Å². The Bertz CT molecular complexity index is 1570. The highest BCUT2D eigenvalue weighted by atomic mass is 32.2. The van der Waals surface area contributed by atoms with Crippen LogP contribution in [0.1, 0.15) is 42.6 Å². The molecule has 0 spiro atoms. The lowest BCUT2D eigenvalue weighted by atomic mass is 10.1. The Morgan fingerprint density at radius 3 is 2.56 bits per heavy atom. The number of anilines is 1. The molecule has 3 aromatic heterocycles. The third kappa shape index (κ3) is 4.84. The third-order valence-corrected chi connectivity index (χ3v) is 7.74. The molecule has 1 aliphatic heterocycles. The zero-order valence-corrected chi connectivity index (χ0v) is 22.4. The number of thioether (sulfide) groups is 1. The van der Waals surface area contributed by atoms with E-state index in [9.17, 15) is 13.6 Å². The average Bonchev–Trinajstić information content (AvgIpc) is 3.70. The Kier molecular flexibility index (Phi) is 6.29. The van der Waals surface area contributed by atoms with Gasteiger partial charge in [0.05, 0.1) is 30.0 Å². The second kappa shape index (κ2) is 9.67. The maximum atomic E-state index is 13.8. The minimum Gasteiger partial charge on any atom is -0.480 e. The second-order valence-electron chi connectivity index (χ2n) is 9.71. The van der Waals surface area contributed by atoms with E-state index in [1.54, 1.807) is 29.8 Å². The SMILES string of the molecule is COc1ncnc(C2CC2)c1-c1ncc2c(n1)N(Cc1ccc(-c3nc(C(C)(F)F)cn3C)cc1)C(=O)CS2. The minimum atomic E-state index is -3.02.